The van der Waals surface area contributed by atoms with Crippen molar-refractivity contribution in [1.82, 2.24) is 10.6 Å². The summed E-state index contributed by atoms with van der Waals surface area (Å²) in [6, 6.07) is 9.00. The van der Waals surface area contributed by atoms with Crippen molar-refractivity contribution in [2.75, 3.05) is 19.7 Å². The van der Waals surface area contributed by atoms with Crippen LogP contribution in [0.5, 0.6) is 0 Å². The van der Waals surface area contributed by atoms with Crippen molar-refractivity contribution in [2.24, 2.45) is 0 Å². The molecule has 2 rings (SSSR count). The molecular weight excluding hydrogens is 386 g/mol. The second-order valence-corrected chi connectivity index (χ2v) is 6.68. The number of nitro groups is 1. The van der Waals surface area contributed by atoms with Gasteiger partial charge < -0.3 is 15.4 Å². The Morgan fingerprint density at radius 1 is 1.07 bits per heavy atom. The lowest BCUT2D eigenvalue weighted by Crippen LogP contribution is -2.31. The SMILES string of the molecule is O=C(COC(=O)CCNC(=O)c1ccc([N+](=O)[O-])cc1)NCCc1cccs1. The molecule has 148 valence electrons. The Labute approximate surface area is 164 Å². The number of non-ortho nitro benzene ring substituents is 1. The third-order valence-corrected chi connectivity index (χ3v) is 4.53. The molecule has 0 saturated carbocycles. The van der Waals surface area contributed by atoms with Gasteiger partial charge in [0.1, 0.15) is 0 Å². The molecule has 10 heteroatoms. The van der Waals surface area contributed by atoms with Gasteiger partial charge in [-0.1, -0.05) is 6.07 Å². The Bertz CT molecular complexity index is 820. The summed E-state index contributed by atoms with van der Waals surface area (Å²) in [6.07, 6.45) is 0.618. The Balaban J connectivity index is 1.59. The third kappa shape index (κ3) is 7.16. The van der Waals surface area contributed by atoms with E-state index in [1.807, 2.05) is 17.5 Å². The lowest BCUT2D eigenvalue weighted by molar-refractivity contribution is -0.384. The number of esters is 1. The molecule has 9 nitrogen and oxygen atoms in total. The molecule has 0 atom stereocenters. The highest BCUT2D eigenvalue weighted by Crippen LogP contribution is 2.11. The maximum atomic E-state index is 11.9. The quantitative estimate of drug-likeness (QED) is 0.352. The lowest BCUT2D eigenvalue weighted by Gasteiger charge is -2.07. The van der Waals surface area contributed by atoms with Gasteiger partial charge in [-0.05, 0) is 30.0 Å². The number of hydrogen-bond acceptors (Lipinski definition) is 7. The van der Waals surface area contributed by atoms with Crippen LogP contribution in [-0.2, 0) is 20.7 Å². The number of amides is 2. The van der Waals surface area contributed by atoms with Gasteiger partial charge in [0.15, 0.2) is 6.61 Å². The number of ether oxygens (including phenoxy) is 1. The molecule has 0 fully saturated rings. The average Bonchev–Trinajstić information content (AvgIpc) is 3.20. The van der Waals surface area contributed by atoms with Gasteiger partial charge in [-0.3, -0.25) is 24.5 Å². The molecule has 0 spiro atoms. The number of nitrogens with one attached hydrogen (secondary N) is 2. The van der Waals surface area contributed by atoms with E-state index in [9.17, 15) is 24.5 Å². The predicted molar refractivity (Wildman–Crippen MR) is 102 cm³/mol. The first-order valence-corrected chi connectivity index (χ1v) is 9.31. The van der Waals surface area contributed by atoms with E-state index in [0.717, 1.165) is 4.88 Å². The van der Waals surface area contributed by atoms with Gasteiger partial charge in [0, 0.05) is 35.7 Å². The van der Waals surface area contributed by atoms with Crippen LogP contribution in [0.3, 0.4) is 0 Å². The van der Waals surface area contributed by atoms with Gasteiger partial charge in [0.05, 0.1) is 11.3 Å². The highest BCUT2D eigenvalue weighted by molar-refractivity contribution is 7.09. The number of nitro benzene ring substituents is 1. The van der Waals surface area contributed by atoms with E-state index in [1.165, 1.54) is 24.3 Å². The van der Waals surface area contributed by atoms with Gasteiger partial charge in [0.25, 0.3) is 17.5 Å². The molecule has 0 bridgehead atoms. The van der Waals surface area contributed by atoms with Crippen LogP contribution in [0.2, 0.25) is 0 Å². The molecule has 2 aromatic rings. The van der Waals surface area contributed by atoms with Gasteiger partial charge in [0.2, 0.25) is 0 Å². The van der Waals surface area contributed by atoms with Gasteiger partial charge in [-0.25, -0.2) is 0 Å². The Kier molecular flexibility index (Phi) is 8.10. The molecule has 0 aliphatic rings. The number of benzene rings is 1. The van der Waals surface area contributed by atoms with Crippen molar-refractivity contribution in [3.63, 3.8) is 0 Å². The van der Waals surface area contributed by atoms with Crippen molar-refractivity contribution in [3.05, 3.63) is 62.3 Å². The van der Waals surface area contributed by atoms with Crippen molar-refractivity contribution >= 4 is 34.8 Å². The Hall–Kier alpha value is -3.27. The van der Waals surface area contributed by atoms with E-state index in [2.05, 4.69) is 10.6 Å². The van der Waals surface area contributed by atoms with Gasteiger partial charge in [-0.2, -0.15) is 0 Å². The molecular formula is C18H19N3O6S. The molecule has 0 aliphatic carbocycles. The second kappa shape index (κ2) is 10.8. The van der Waals surface area contributed by atoms with Crippen LogP contribution < -0.4 is 10.6 Å². The number of rotatable bonds is 10. The maximum Gasteiger partial charge on any atom is 0.308 e. The number of carbonyl (C=O) groups excluding carboxylic acids is 3. The van der Waals surface area contributed by atoms with E-state index in [4.69, 9.17) is 4.74 Å². The van der Waals surface area contributed by atoms with Gasteiger partial charge >= 0.3 is 5.97 Å². The zero-order valence-corrected chi connectivity index (χ0v) is 15.7. The molecule has 28 heavy (non-hydrogen) atoms. The summed E-state index contributed by atoms with van der Waals surface area (Å²) in [7, 11) is 0. The standard InChI is InChI=1S/C18H19N3O6S/c22-16(19-9-7-15-2-1-11-28-15)12-27-17(23)8-10-20-18(24)13-3-5-14(6-4-13)21(25)26/h1-6,11H,7-10,12H2,(H,19,22)(H,20,24). The number of hydrogen-bond donors (Lipinski definition) is 2. The van der Waals surface area contributed by atoms with E-state index in [-0.39, 0.29) is 36.7 Å². The van der Waals surface area contributed by atoms with Crippen molar-refractivity contribution in [3.8, 4) is 0 Å². The summed E-state index contributed by atoms with van der Waals surface area (Å²) in [5.74, 6) is -1.47. The summed E-state index contributed by atoms with van der Waals surface area (Å²) >= 11 is 1.60. The summed E-state index contributed by atoms with van der Waals surface area (Å²) in [5, 5.41) is 17.7. The van der Waals surface area contributed by atoms with E-state index < -0.39 is 16.8 Å². The monoisotopic (exact) mass is 405 g/mol. The minimum Gasteiger partial charge on any atom is -0.456 e. The number of thiophene rings is 1. The van der Waals surface area contributed by atoms with Gasteiger partial charge in [-0.15, -0.1) is 11.3 Å². The smallest absolute Gasteiger partial charge is 0.308 e. The zero-order valence-electron chi connectivity index (χ0n) is 14.9. The lowest BCUT2D eigenvalue weighted by atomic mass is 10.2. The normalized spacial score (nSPS) is 10.1. The summed E-state index contributed by atoms with van der Waals surface area (Å²) in [4.78, 5) is 46.3. The first kappa shape index (κ1) is 21.0. The van der Waals surface area contributed by atoms with E-state index in [0.29, 0.717) is 13.0 Å². The van der Waals surface area contributed by atoms with Crippen LogP contribution >= 0.6 is 11.3 Å². The maximum absolute atomic E-state index is 11.9. The molecule has 0 saturated heterocycles. The highest BCUT2D eigenvalue weighted by atomic mass is 32.1. The minimum absolute atomic E-state index is 0.0225. The van der Waals surface area contributed by atoms with Crippen molar-refractivity contribution in [1.29, 1.82) is 0 Å². The summed E-state index contributed by atoms with van der Waals surface area (Å²) in [5.41, 5.74) is 0.123. The topological polar surface area (TPSA) is 128 Å². The van der Waals surface area contributed by atoms with Crippen LogP contribution in [0.1, 0.15) is 21.7 Å². The zero-order chi connectivity index (χ0) is 20.4. The Morgan fingerprint density at radius 2 is 1.82 bits per heavy atom. The first-order chi connectivity index (χ1) is 13.5. The predicted octanol–water partition coefficient (Wildman–Crippen LogP) is 1.68. The number of carbonyl (C=O) groups is 3. The minimum atomic E-state index is -0.614. The molecule has 0 unspecified atom stereocenters. The highest BCUT2D eigenvalue weighted by Gasteiger charge is 2.11. The molecule has 1 heterocycles. The van der Waals surface area contributed by atoms with Crippen molar-refractivity contribution < 1.29 is 24.0 Å². The Morgan fingerprint density at radius 3 is 2.46 bits per heavy atom. The molecule has 2 N–H and O–H groups in total. The molecule has 0 radical (unpaired) electrons. The van der Waals surface area contributed by atoms with E-state index in [1.54, 1.807) is 11.3 Å². The van der Waals surface area contributed by atoms with Crippen LogP contribution in [0.4, 0.5) is 5.69 Å². The third-order valence-electron chi connectivity index (χ3n) is 3.59. The molecule has 0 aliphatic heterocycles. The van der Waals surface area contributed by atoms with Crippen LogP contribution in [0, 0.1) is 10.1 Å². The fraction of sp³-hybridized carbons (Fsp3) is 0.278. The first-order valence-electron chi connectivity index (χ1n) is 8.43. The fourth-order valence-corrected chi connectivity index (χ4v) is 2.87. The van der Waals surface area contributed by atoms with Crippen LogP contribution in [-0.4, -0.2) is 42.4 Å². The summed E-state index contributed by atoms with van der Waals surface area (Å²) < 4.78 is 4.85. The molecule has 2 amide bonds. The molecule has 1 aromatic carbocycles. The van der Waals surface area contributed by atoms with Crippen molar-refractivity contribution in [2.45, 2.75) is 12.8 Å². The fourth-order valence-electron chi connectivity index (χ4n) is 2.16. The second-order valence-electron chi connectivity index (χ2n) is 5.65. The molecule has 1 aromatic heterocycles. The van der Waals surface area contributed by atoms with Crippen LogP contribution in [0.15, 0.2) is 41.8 Å². The average molecular weight is 405 g/mol. The largest absolute Gasteiger partial charge is 0.456 e. The number of nitrogens with zero attached hydrogens (tertiary/aromatic N) is 1. The van der Waals surface area contributed by atoms with Crippen LogP contribution in [0.25, 0.3) is 0 Å². The van der Waals surface area contributed by atoms with E-state index >= 15 is 0 Å². The summed E-state index contributed by atoms with van der Waals surface area (Å²) in [6.45, 7) is 0.108.